The van der Waals surface area contributed by atoms with Crippen LogP contribution < -0.4 is 4.74 Å². The first-order valence-electron chi connectivity index (χ1n) is 4.39. The van der Waals surface area contributed by atoms with E-state index in [0.717, 1.165) is 26.0 Å². The molecule has 0 saturated heterocycles. The molecule has 78 valence electrons. The molecular formula is C11H9Br2NO. The van der Waals surface area contributed by atoms with Gasteiger partial charge in [-0.2, -0.15) is 0 Å². The topological polar surface area (TPSA) is 25.0 Å². The molecule has 0 amide bonds. The Morgan fingerprint density at radius 1 is 1.20 bits per heavy atom. The first kappa shape index (κ1) is 10.8. The zero-order chi connectivity index (χ0) is 10.8. The van der Waals surface area contributed by atoms with Crippen molar-refractivity contribution in [3.8, 4) is 17.0 Å². The van der Waals surface area contributed by atoms with Gasteiger partial charge in [-0.25, -0.2) is 0 Å². The summed E-state index contributed by atoms with van der Waals surface area (Å²) in [4.78, 5) is 3.16. The maximum absolute atomic E-state index is 5.26. The lowest BCUT2D eigenvalue weighted by molar-refractivity contribution is 0.412. The highest BCUT2D eigenvalue weighted by Gasteiger charge is 2.09. The molecule has 1 N–H and O–H groups in total. The zero-order valence-corrected chi connectivity index (χ0v) is 11.2. The summed E-state index contributed by atoms with van der Waals surface area (Å²) < 4.78 is 7.22. The molecule has 0 aliphatic rings. The first-order chi connectivity index (χ1) is 7.22. The van der Waals surface area contributed by atoms with Crippen LogP contribution in [0.15, 0.2) is 39.4 Å². The maximum Gasteiger partial charge on any atom is 0.133 e. The molecule has 2 rings (SSSR count). The Kier molecular flexibility index (Phi) is 3.17. The third-order valence-corrected chi connectivity index (χ3v) is 3.41. The van der Waals surface area contributed by atoms with Gasteiger partial charge in [-0.15, -0.1) is 0 Å². The van der Waals surface area contributed by atoms with Crippen LogP contribution >= 0.6 is 31.9 Å². The molecule has 1 heterocycles. The minimum absolute atomic E-state index is 0.822. The summed E-state index contributed by atoms with van der Waals surface area (Å²) >= 11 is 6.97. The van der Waals surface area contributed by atoms with E-state index in [2.05, 4.69) is 36.8 Å². The van der Waals surface area contributed by atoms with Gasteiger partial charge in [0, 0.05) is 21.9 Å². The van der Waals surface area contributed by atoms with Crippen LogP contribution in [0.3, 0.4) is 0 Å². The third kappa shape index (κ3) is 2.11. The fourth-order valence-electron chi connectivity index (χ4n) is 1.39. The van der Waals surface area contributed by atoms with Crippen LogP contribution in [0.4, 0.5) is 0 Å². The molecule has 0 aliphatic carbocycles. The van der Waals surface area contributed by atoms with Gasteiger partial charge in [-0.05, 0) is 40.2 Å². The molecule has 0 saturated carbocycles. The zero-order valence-electron chi connectivity index (χ0n) is 8.05. The summed E-state index contributed by atoms with van der Waals surface area (Å²) in [6.45, 7) is 0. The van der Waals surface area contributed by atoms with Gasteiger partial charge < -0.3 is 9.72 Å². The Morgan fingerprint density at radius 2 is 2.00 bits per heavy atom. The Balaban J connectivity index is 2.57. The minimum atomic E-state index is 0.822. The molecule has 0 aliphatic heterocycles. The van der Waals surface area contributed by atoms with E-state index >= 15 is 0 Å². The van der Waals surface area contributed by atoms with E-state index < -0.39 is 0 Å². The van der Waals surface area contributed by atoms with Crippen LogP contribution in [0.5, 0.6) is 5.75 Å². The number of hydrogen-bond acceptors (Lipinski definition) is 1. The molecule has 1 aromatic carbocycles. The molecule has 0 unspecified atom stereocenters. The number of H-pyrrole nitrogens is 1. The molecule has 0 bridgehead atoms. The maximum atomic E-state index is 5.26. The number of hydrogen-bond donors (Lipinski definition) is 1. The second-order valence-electron chi connectivity index (χ2n) is 3.05. The van der Waals surface area contributed by atoms with E-state index in [1.807, 2.05) is 30.5 Å². The lowest BCUT2D eigenvalue weighted by Crippen LogP contribution is -1.87. The highest BCUT2D eigenvalue weighted by Crippen LogP contribution is 2.36. The molecule has 2 aromatic rings. The van der Waals surface area contributed by atoms with Crippen molar-refractivity contribution in [1.82, 2.24) is 4.98 Å². The van der Waals surface area contributed by atoms with Gasteiger partial charge in [0.2, 0.25) is 0 Å². The van der Waals surface area contributed by atoms with Crippen LogP contribution in [0.2, 0.25) is 0 Å². The smallest absolute Gasteiger partial charge is 0.133 e. The molecule has 1 aromatic heterocycles. The van der Waals surface area contributed by atoms with Gasteiger partial charge in [0.25, 0.3) is 0 Å². The Labute approximate surface area is 105 Å². The number of rotatable bonds is 2. The number of aromatic nitrogens is 1. The SMILES string of the molecule is COc1cc(-c2ccc[nH]2)c(Br)cc1Br. The first-order valence-corrected chi connectivity index (χ1v) is 5.98. The molecule has 0 radical (unpaired) electrons. The van der Waals surface area contributed by atoms with E-state index in [1.54, 1.807) is 7.11 Å². The summed E-state index contributed by atoms with van der Waals surface area (Å²) in [5.41, 5.74) is 2.15. The Morgan fingerprint density at radius 3 is 2.60 bits per heavy atom. The summed E-state index contributed by atoms with van der Waals surface area (Å²) in [7, 11) is 1.66. The second-order valence-corrected chi connectivity index (χ2v) is 4.76. The largest absolute Gasteiger partial charge is 0.496 e. The van der Waals surface area contributed by atoms with E-state index in [9.17, 15) is 0 Å². The number of methoxy groups -OCH3 is 1. The summed E-state index contributed by atoms with van der Waals surface area (Å²) in [5, 5.41) is 0. The highest BCUT2D eigenvalue weighted by atomic mass is 79.9. The molecule has 4 heteroatoms. The third-order valence-electron chi connectivity index (χ3n) is 2.13. The standard InChI is InChI=1S/C11H9Br2NO/c1-15-11-5-7(8(12)6-9(11)13)10-3-2-4-14-10/h2-6,14H,1H3. The second kappa shape index (κ2) is 4.41. The van der Waals surface area contributed by atoms with Crippen molar-refractivity contribution in [2.24, 2.45) is 0 Å². The molecule has 2 nitrogen and oxygen atoms in total. The van der Waals surface area contributed by atoms with Crippen molar-refractivity contribution in [3.63, 3.8) is 0 Å². The molecule has 15 heavy (non-hydrogen) atoms. The predicted octanol–water partition coefficient (Wildman–Crippen LogP) is 4.22. The molecule has 0 fully saturated rings. The molecule has 0 spiro atoms. The summed E-state index contributed by atoms with van der Waals surface area (Å²) in [6.07, 6.45) is 1.90. The van der Waals surface area contributed by atoms with Crippen LogP contribution in [-0.2, 0) is 0 Å². The van der Waals surface area contributed by atoms with Gasteiger partial charge in [0.05, 0.1) is 11.6 Å². The monoisotopic (exact) mass is 329 g/mol. The van der Waals surface area contributed by atoms with E-state index in [-0.39, 0.29) is 0 Å². The van der Waals surface area contributed by atoms with Gasteiger partial charge in [0.15, 0.2) is 0 Å². The van der Waals surface area contributed by atoms with Crippen molar-refractivity contribution in [1.29, 1.82) is 0 Å². The van der Waals surface area contributed by atoms with E-state index in [1.165, 1.54) is 0 Å². The number of nitrogens with one attached hydrogen (secondary N) is 1. The average molecular weight is 331 g/mol. The Bertz CT molecular complexity index is 466. The number of ether oxygens (including phenoxy) is 1. The average Bonchev–Trinajstić information content (AvgIpc) is 2.71. The predicted molar refractivity (Wildman–Crippen MR) is 68.2 cm³/mol. The summed E-state index contributed by atoms with van der Waals surface area (Å²) in [5.74, 6) is 0.822. The van der Waals surface area contributed by atoms with Crippen molar-refractivity contribution in [3.05, 3.63) is 39.4 Å². The lowest BCUT2D eigenvalue weighted by Gasteiger charge is -2.08. The quantitative estimate of drug-likeness (QED) is 0.876. The lowest BCUT2D eigenvalue weighted by atomic mass is 10.1. The Hall–Kier alpha value is -0.740. The fourth-order valence-corrected chi connectivity index (χ4v) is 2.76. The van der Waals surface area contributed by atoms with Gasteiger partial charge >= 0.3 is 0 Å². The van der Waals surface area contributed by atoms with Gasteiger partial charge in [-0.3, -0.25) is 0 Å². The highest BCUT2D eigenvalue weighted by molar-refractivity contribution is 9.11. The van der Waals surface area contributed by atoms with Gasteiger partial charge in [-0.1, -0.05) is 15.9 Å². The molecular weight excluding hydrogens is 322 g/mol. The van der Waals surface area contributed by atoms with Crippen LogP contribution in [-0.4, -0.2) is 12.1 Å². The normalized spacial score (nSPS) is 10.3. The fraction of sp³-hybridized carbons (Fsp3) is 0.0909. The number of halogens is 2. The van der Waals surface area contributed by atoms with Crippen LogP contribution in [0.25, 0.3) is 11.3 Å². The van der Waals surface area contributed by atoms with Crippen LogP contribution in [0.1, 0.15) is 0 Å². The van der Waals surface area contributed by atoms with E-state index in [0.29, 0.717) is 0 Å². The van der Waals surface area contributed by atoms with Crippen molar-refractivity contribution in [2.45, 2.75) is 0 Å². The number of benzene rings is 1. The molecule has 0 atom stereocenters. The van der Waals surface area contributed by atoms with Crippen molar-refractivity contribution < 1.29 is 4.74 Å². The van der Waals surface area contributed by atoms with Gasteiger partial charge in [0.1, 0.15) is 5.75 Å². The minimum Gasteiger partial charge on any atom is -0.496 e. The number of aromatic amines is 1. The van der Waals surface area contributed by atoms with E-state index in [4.69, 9.17) is 4.74 Å². The summed E-state index contributed by atoms with van der Waals surface area (Å²) in [6, 6.07) is 7.96. The van der Waals surface area contributed by atoms with Crippen LogP contribution in [0, 0.1) is 0 Å². The van der Waals surface area contributed by atoms with Crippen molar-refractivity contribution in [2.75, 3.05) is 7.11 Å². The van der Waals surface area contributed by atoms with Crippen molar-refractivity contribution >= 4 is 31.9 Å².